The van der Waals surface area contributed by atoms with E-state index in [9.17, 15) is 85.1 Å². The topological polar surface area (TPSA) is 694 Å². The lowest BCUT2D eigenvalue weighted by Crippen LogP contribution is -2.52. The molecular formula is C89H127N21O32S. The molecule has 53 nitrogen and oxygen atoms in total. The number of amides is 14. The molecular weight excluding hydrogens is 1910 g/mol. The smallest absolute Gasteiger partial charge is 0.328 e. The van der Waals surface area contributed by atoms with Crippen molar-refractivity contribution in [2.45, 2.75) is 118 Å². The van der Waals surface area contributed by atoms with Gasteiger partial charge in [-0.05, 0) is 83.9 Å². The molecule has 2 aromatic carbocycles. The van der Waals surface area contributed by atoms with Crippen molar-refractivity contribution in [2.24, 2.45) is 11.5 Å². The third-order valence-electron chi connectivity index (χ3n) is 20.2. The number of aromatic nitrogens is 8. The van der Waals surface area contributed by atoms with Crippen LogP contribution in [0.4, 0.5) is 11.9 Å². The van der Waals surface area contributed by atoms with E-state index in [0.717, 1.165) is 12.2 Å². The van der Waals surface area contributed by atoms with Gasteiger partial charge in [-0.1, -0.05) is 12.2 Å². The summed E-state index contributed by atoms with van der Waals surface area (Å²) in [7, 11) is -2.67. The van der Waals surface area contributed by atoms with E-state index in [-0.39, 0.29) is 207 Å². The van der Waals surface area contributed by atoms with Gasteiger partial charge >= 0.3 is 5.97 Å². The van der Waals surface area contributed by atoms with Crippen LogP contribution >= 0.6 is 0 Å². The number of hydrogen-bond acceptors (Lipinski definition) is 35. The Morgan fingerprint density at radius 3 is 1.31 bits per heavy atom. The number of rotatable bonds is 75. The first-order valence-corrected chi connectivity index (χ1v) is 47.6. The second kappa shape index (κ2) is 63.3. The Morgan fingerprint density at radius 2 is 0.874 bits per heavy atom. The lowest BCUT2D eigenvalue weighted by Gasteiger charge is -2.20. The highest BCUT2D eigenvalue weighted by molar-refractivity contribution is 7.85. The number of carbonyl (C=O) groups excluding carboxylic acids is 16. The quantitative estimate of drug-likeness (QED) is 0.00607. The molecule has 0 spiro atoms. The zero-order valence-electron chi connectivity index (χ0n) is 80.6. The van der Waals surface area contributed by atoms with Gasteiger partial charge in [0.2, 0.25) is 71.0 Å². The average molecular weight is 2040 g/mol. The molecule has 14 amide bonds. The molecule has 15 N–H and O–H groups in total. The molecule has 2 atom stereocenters. The summed E-state index contributed by atoms with van der Waals surface area (Å²) in [5.74, 6) is -11.1. The van der Waals surface area contributed by atoms with Crippen LogP contribution in [0.25, 0.3) is 22.1 Å². The van der Waals surface area contributed by atoms with Gasteiger partial charge in [0.25, 0.3) is 33.7 Å². The number of hydrogen-bond donors (Lipinski definition) is 13. The Kier molecular flexibility index (Phi) is 51.4. The molecule has 5 heterocycles. The minimum absolute atomic E-state index is 0.00478. The van der Waals surface area contributed by atoms with E-state index in [1.54, 1.807) is 51.9 Å². The van der Waals surface area contributed by atoms with Gasteiger partial charge < -0.3 is 125 Å². The fourth-order valence-corrected chi connectivity index (χ4v) is 13.7. The van der Waals surface area contributed by atoms with Gasteiger partial charge in [-0.25, -0.2) is 14.8 Å². The first-order chi connectivity index (χ1) is 68.6. The first-order valence-electron chi connectivity index (χ1n) is 46.0. The number of Topliss-reactive ketones (excluding diaryl/α,β-unsaturated/α-hetero) is 1. The normalized spacial score (nSPS) is 12.3. The number of imide groups is 1. The van der Waals surface area contributed by atoms with Gasteiger partial charge in [-0.2, -0.15) is 18.6 Å². The van der Waals surface area contributed by atoms with Crippen molar-refractivity contribution in [1.29, 1.82) is 0 Å². The highest BCUT2D eigenvalue weighted by Gasteiger charge is 2.31. The highest BCUT2D eigenvalue weighted by atomic mass is 32.2. The maximum Gasteiger partial charge on any atom is 0.328 e. The van der Waals surface area contributed by atoms with Crippen LogP contribution in [0.5, 0.6) is 11.5 Å². The number of carbonyl (C=O) groups is 16. The summed E-state index contributed by atoms with van der Waals surface area (Å²) in [6.45, 7) is 11.0. The number of nitrogens with two attached hydrogens (primary N) is 2. The van der Waals surface area contributed by atoms with E-state index in [2.05, 4.69) is 68.3 Å². The van der Waals surface area contributed by atoms with Gasteiger partial charge in [0.05, 0.1) is 207 Å². The number of ketones is 1. The molecule has 0 saturated carbocycles. The molecule has 1 aliphatic heterocycles. The number of nitrogens with zero attached hydrogens (tertiary/aromatic N) is 9. The molecule has 54 heteroatoms. The number of ether oxygens (including phenoxy) is 13. The van der Waals surface area contributed by atoms with Gasteiger partial charge in [0, 0.05) is 94.7 Å². The van der Waals surface area contributed by atoms with E-state index in [1.165, 1.54) is 43.0 Å². The van der Waals surface area contributed by atoms with Crippen LogP contribution in [-0.4, -0.2) is 367 Å². The second-order valence-electron chi connectivity index (χ2n) is 31.3. The fraction of sp³-hybridized carbons (Fsp3) is 0.551. The van der Waals surface area contributed by atoms with Crippen LogP contribution in [0.15, 0.2) is 60.7 Å². The van der Waals surface area contributed by atoms with Crippen molar-refractivity contribution in [3.8, 4) is 11.5 Å². The molecule has 6 aromatic rings. The minimum Gasteiger partial charge on any atom is -0.494 e. The lowest BCUT2D eigenvalue weighted by atomic mass is 10.1. The van der Waals surface area contributed by atoms with Gasteiger partial charge in [0.1, 0.15) is 58.3 Å². The monoisotopic (exact) mass is 2030 g/mol. The van der Waals surface area contributed by atoms with E-state index in [1.807, 2.05) is 13.8 Å². The van der Waals surface area contributed by atoms with Crippen molar-refractivity contribution in [1.82, 2.24) is 86.1 Å². The number of methoxy groups -OCH3 is 1. The highest BCUT2D eigenvalue weighted by Crippen LogP contribution is 2.34. The van der Waals surface area contributed by atoms with Crippen LogP contribution < -0.4 is 74.1 Å². The standard InChI is InChI=1S/C89H127N21O32S/c1-7-109-67(47-58(3)104-109)85(124)102-88-100-65-49-61(82(90)121)51-69(130-6)80(65)106(88)22-9-10-23-107-81-66(101-89(107)103-86(125)68-48-59(4)105-110(68)8-2)50-62(83(91)122)52-70(81)141-24-12-25-142-87(126)60(5)98-72(113)19-27-132-30-32-133-28-20-92-71(112)15-14-64(99-77(118)57-108-78(119)16-17-79(108)120)84(123)97-56-76(117)96-55-75(116)95-54-74(115)94-53-73(114)93-21-29-134-33-35-136-37-39-138-41-43-140-45-44-139-42-40-137-38-36-135-34-31-131-26-18-63(111)13-11-46-143(127,128)129/h9-10,16-17,47-52,60,64H,7-8,11-15,18-46,53-57H2,1-6H3,(H2,90,121)(H2,91,122)(H,92,112)(H,93,114)(H,94,115)(H,95,116)(H,96,117)(H,97,123)(H,98,113)(H,99,118)(H,100,102,124)(H,101,103,125)(H,127,128,129)/b10-9+/t60-,64-/m0/s1. The molecule has 0 bridgehead atoms. The van der Waals surface area contributed by atoms with Crippen molar-refractivity contribution < 1.29 is 151 Å². The molecule has 786 valence electrons. The number of nitrogens with one attached hydrogen (secondary N) is 10. The van der Waals surface area contributed by atoms with E-state index in [4.69, 9.17) is 82.6 Å². The fourth-order valence-electron chi connectivity index (χ4n) is 13.2. The second-order valence-corrected chi connectivity index (χ2v) is 32.8. The SMILES string of the molecule is CCn1nc(C)cc1C(=O)Nc1nc2cc(C(N)=O)cc(OC)c2n1C/C=C/Cn1c(NC(=O)c2cc(C)nn2CC)nc2cc(C(N)=O)cc(OCCCOC(=O)[C@H](C)NC(=O)CCOCCOCCNC(=O)CC[C@H](NC(=O)CN3C(=O)C=CC3=O)C(=O)NCC(=O)NCC(=O)NCC(=O)NCC(=O)NCCOCCOCCOCCOCCOCCOCCOCCOCCC(=O)CCCS(=O)(=O)O)c21. The van der Waals surface area contributed by atoms with Crippen LogP contribution in [0.3, 0.4) is 0 Å². The average Bonchev–Trinajstić information content (AvgIpc) is 1.63. The Labute approximate surface area is 822 Å². The van der Waals surface area contributed by atoms with Crippen LogP contribution in [0.2, 0.25) is 0 Å². The molecule has 1 aliphatic rings. The summed E-state index contributed by atoms with van der Waals surface area (Å²) in [5, 5.41) is 33.8. The third-order valence-corrected chi connectivity index (χ3v) is 21.0. The van der Waals surface area contributed by atoms with E-state index >= 15 is 0 Å². The maximum absolute atomic E-state index is 14.1. The largest absolute Gasteiger partial charge is 0.494 e. The summed E-state index contributed by atoms with van der Waals surface area (Å²) < 4.78 is 108. The Balaban J connectivity index is 0.723. The zero-order chi connectivity index (χ0) is 104. The molecule has 7 rings (SSSR count). The number of imidazole rings is 2. The predicted molar refractivity (Wildman–Crippen MR) is 505 cm³/mol. The summed E-state index contributed by atoms with van der Waals surface area (Å²) in [6.07, 6.45) is 4.90. The van der Waals surface area contributed by atoms with Gasteiger partial charge in [-0.15, -0.1) is 0 Å². The van der Waals surface area contributed by atoms with Crippen LogP contribution in [0.1, 0.15) is 119 Å². The van der Waals surface area contributed by atoms with Gasteiger partial charge in [0.15, 0.2) is 0 Å². The summed E-state index contributed by atoms with van der Waals surface area (Å²) in [4.78, 5) is 214. The Morgan fingerprint density at radius 1 is 0.462 bits per heavy atom. The molecule has 4 aromatic heterocycles. The Hall–Kier alpha value is -13.7. The molecule has 0 radical (unpaired) electrons. The molecule has 0 fully saturated rings. The molecule has 143 heavy (non-hydrogen) atoms. The van der Waals surface area contributed by atoms with Crippen LogP contribution in [0, 0.1) is 13.8 Å². The number of aryl methyl sites for hydroxylation is 4. The van der Waals surface area contributed by atoms with E-state index in [0.29, 0.717) is 113 Å². The summed E-state index contributed by atoms with van der Waals surface area (Å²) >= 11 is 0. The molecule has 0 aliphatic carbocycles. The van der Waals surface area contributed by atoms with Crippen molar-refractivity contribution in [3.63, 3.8) is 0 Å². The minimum atomic E-state index is -4.07. The number of esters is 1. The van der Waals surface area contributed by atoms with Crippen molar-refractivity contribution in [3.05, 3.63) is 94.6 Å². The van der Waals surface area contributed by atoms with Crippen molar-refractivity contribution >= 4 is 139 Å². The Bertz CT molecular complexity index is 5460. The zero-order valence-corrected chi connectivity index (χ0v) is 81.4. The van der Waals surface area contributed by atoms with Gasteiger partial charge in [-0.3, -0.25) is 101 Å². The van der Waals surface area contributed by atoms with Crippen molar-refractivity contribution in [2.75, 3.05) is 215 Å². The number of benzene rings is 2. The summed E-state index contributed by atoms with van der Waals surface area (Å²) in [5.41, 5.74) is 14.5. The number of fused-ring (bicyclic) bond motifs is 2. The third kappa shape index (κ3) is 43.0. The number of primary amides is 2. The number of anilines is 2. The van der Waals surface area contributed by atoms with Crippen LogP contribution in [-0.2, 0) is 146 Å². The number of allylic oxidation sites excluding steroid dienone is 2. The first kappa shape index (κ1) is 116. The maximum atomic E-state index is 14.1. The van der Waals surface area contributed by atoms with E-state index < -0.39 is 149 Å². The molecule has 0 saturated heterocycles. The molecule has 0 unspecified atom stereocenters. The predicted octanol–water partition coefficient (Wildman–Crippen LogP) is -2.71. The summed E-state index contributed by atoms with van der Waals surface area (Å²) in [6, 6.07) is 6.45. The lowest BCUT2D eigenvalue weighted by molar-refractivity contribution is -0.147.